The second kappa shape index (κ2) is 7.43. The number of hydrogen-bond acceptors (Lipinski definition) is 4. The van der Waals surface area contributed by atoms with Gasteiger partial charge in [-0.1, -0.05) is 65.7 Å². The van der Waals surface area contributed by atoms with Crippen LogP contribution >= 0.6 is 23.2 Å². The summed E-state index contributed by atoms with van der Waals surface area (Å²) < 4.78 is 0. The lowest BCUT2D eigenvalue weighted by atomic mass is 9.90. The number of fused-ring (bicyclic) bond motifs is 1. The van der Waals surface area contributed by atoms with E-state index in [4.69, 9.17) is 28.0 Å². The summed E-state index contributed by atoms with van der Waals surface area (Å²) in [4.78, 5) is 33.9. The van der Waals surface area contributed by atoms with E-state index in [1.807, 2.05) is 36.4 Å². The standard InChI is InChI=1S/C23H16Cl2N2O3/c24-14-11-12-17(18(25)13-14)20-19-21(30-27(20)16-9-5-2-6-10-16)23(29)26(22(19)28)15-7-3-1-4-8-15/h1-13,19-21H/t19-,20-,21-/m1/s1. The third kappa shape index (κ3) is 2.98. The molecule has 2 saturated heterocycles. The van der Waals surface area contributed by atoms with Gasteiger partial charge in [-0.3, -0.25) is 14.4 Å². The van der Waals surface area contributed by atoms with Crippen LogP contribution in [0.1, 0.15) is 11.6 Å². The monoisotopic (exact) mass is 438 g/mol. The van der Waals surface area contributed by atoms with Crippen LogP contribution in [-0.4, -0.2) is 17.9 Å². The van der Waals surface area contributed by atoms with E-state index in [1.54, 1.807) is 47.5 Å². The Balaban J connectivity index is 1.62. The van der Waals surface area contributed by atoms with Crippen LogP contribution in [0.15, 0.2) is 78.9 Å². The highest BCUT2D eigenvalue weighted by Crippen LogP contribution is 2.49. The molecular weight excluding hydrogens is 423 g/mol. The van der Waals surface area contributed by atoms with E-state index in [0.717, 1.165) is 5.69 Å². The number of para-hydroxylation sites is 2. The topological polar surface area (TPSA) is 49.9 Å². The first kappa shape index (κ1) is 19.1. The largest absolute Gasteiger partial charge is 0.273 e. The minimum atomic E-state index is -0.936. The molecule has 5 nitrogen and oxygen atoms in total. The van der Waals surface area contributed by atoms with Crippen LogP contribution in [-0.2, 0) is 14.4 Å². The van der Waals surface area contributed by atoms with Gasteiger partial charge in [0.1, 0.15) is 5.92 Å². The Morgan fingerprint density at radius 3 is 2.03 bits per heavy atom. The summed E-state index contributed by atoms with van der Waals surface area (Å²) in [6.07, 6.45) is -0.936. The van der Waals surface area contributed by atoms with Crippen molar-refractivity contribution >= 4 is 46.4 Å². The molecule has 0 spiro atoms. The number of carbonyl (C=O) groups is 2. The summed E-state index contributed by atoms with van der Waals surface area (Å²) >= 11 is 12.6. The van der Waals surface area contributed by atoms with Gasteiger partial charge >= 0.3 is 0 Å². The minimum Gasteiger partial charge on any atom is -0.273 e. The van der Waals surface area contributed by atoms with Crippen LogP contribution < -0.4 is 9.96 Å². The number of anilines is 2. The molecule has 2 aliphatic rings. The van der Waals surface area contributed by atoms with Crippen molar-refractivity contribution in [2.24, 2.45) is 5.92 Å². The number of hydrogen-bond donors (Lipinski definition) is 0. The van der Waals surface area contributed by atoms with Crippen LogP contribution in [0, 0.1) is 5.92 Å². The van der Waals surface area contributed by atoms with Gasteiger partial charge in [-0.2, -0.15) is 0 Å². The zero-order valence-corrected chi connectivity index (χ0v) is 17.1. The number of imide groups is 1. The average molecular weight is 439 g/mol. The maximum absolute atomic E-state index is 13.5. The predicted octanol–water partition coefficient (Wildman–Crippen LogP) is 5.04. The molecule has 2 aliphatic heterocycles. The Labute approximate surface area is 183 Å². The smallest absolute Gasteiger partial charge is 0.266 e. The quantitative estimate of drug-likeness (QED) is 0.537. The van der Waals surface area contributed by atoms with Crippen LogP contribution in [0.25, 0.3) is 0 Å². The van der Waals surface area contributed by atoms with E-state index >= 15 is 0 Å². The molecule has 3 atom stereocenters. The van der Waals surface area contributed by atoms with Gasteiger partial charge in [0.15, 0.2) is 6.10 Å². The van der Waals surface area contributed by atoms with E-state index in [1.165, 1.54) is 4.90 Å². The number of halogens is 2. The molecule has 5 rings (SSSR count). The zero-order chi connectivity index (χ0) is 20.8. The fourth-order valence-electron chi connectivity index (χ4n) is 4.10. The summed E-state index contributed by atoms with van der Waals surface area (Å²) in [6, 6.07) is 22.8. The molecule has 0 aliphatic carbocycles. The molecule has 30 heavy (non-hydrogen) atoms. The first-order chi connectivity index (χ1) is 14.6. The molecule has 2 heterocycles. The predicted molar refractivity (Wildman–Crippen MR) is 115 cm³/mol. The lowest BCUT2D eigenvalue weighted by Crippen LogP contribution is -2.37. The van der Waals surface area contributed by atoms with Gasteiger partial charge in [0.25, 0.3) is 5.91 Å². The van der Waals surface area contributed by atoms with Crippen molar-refractivity contribution in [3.63, 3.8) is 0 Å². The summed E-state index contributed by atoms with van der Waals surface area (Å²) in [5.41, 5.74) is 1.93. The van der Waals surface area contributed by atoms with E-state index in [9.17, 15) is 9.59 Å². The Morgan fingerprint density at radius 1 is 0.767 bits per heavy atom. The molecule has 2 amide bonds. The third-order valence-electron chi connectivity index (χ3n) is 5.42. The Bertz CT molecular complexity index is 1120. The maximum Gasteiger partial charge on any atom is 0.266 e. The third-order valence-corrected chi connectivity index (χ3v) is 5.98. The molecule has 0 unspecified atom stereocenters. The number of rotatable bonds is 3. The van der Waals surface area contributed by atoms with Gasteiger partial charge in [-0.25, -0.2) is 9.96 Å². The van der Waals surface area contributed by atoms with Crippen LogP contribution in [0.5, 0.6) is 0 Å². The van der Waals surface area contributed by atoms with Crippen LogP contribution in [0.4, 0.5) is 11.4 Å². The average Bonchev–Trinajstić information content (AvgIpc) is 3.26. The van der Waals surface area contributed by atoms with Crippen molar-refractivity contribution in [2.45, 2.75) is 12.1 Å². The normalized spacial score (nSPS) is 23.2. The molecular formula is C23H16Cl2N2O3. The first-order valence-corrected chi connectivity index (χ1v) is 10.2. The highest BCUT2D eigenvalue weighted by molar-refractivity contribution is 6.35. The van der Waals surface area contributed by atoms with E-state index in [0.29, 0.717) is 21.3 Å². The molecule has 0 bridgehead atoms. The van der Waals surface area contributed by atoms with Crippen molar-refractivity contribution in [1.29, 1.82) is 0 Å². The minimum absolute atomic E-state index is 0.314. The molecule has 3 aromatic carbocycles. The SMILES string of the molecule is O=C1[C@@H]2[C@@H](c3ccc(Cl)cc3Cl)N(c3ccccc3)O[C@H]2C(=O)N1c1ccccc1. The lowest BCUT2D eigenvalue weighted by molar-refractivity contribution is -0.126. The number of carbonyl (C=O) groups excluding carboxylic acids is 2. The fourth-order valence-corrected chi connectivity index (χ4v) is 4.62. The number of amides is 2. The summed E-state index contributed by atoms with van der Waals surface area (Å²) in [5, 5.41) is 2.52. The highest BCUT2D eigenvalue weighted by Gasteiger charge is 2.60. The van der Waals surface area contributed by atoms with Crippen molar-refractivity contribution in [3.8, 4) is 0 Å². The highest BCUT2D eigenvalue weighted by atomic mass is 35.5. The molecule has 0 saturated carbocycles. The molecule has 3 aromatic rings. The van der Waals surface area contributed by atoms with Gasteiger partial charge in [0.05, 0.1) is 17.4 Å². The Kier molecular flexibility index (Phi) is 4.74. The lowest BCUT2D eigenvalue weighted by Gasteiger charge is -2.29. The van der Waals surface area contributed by atoms with Crippen LogP contribution in [0.2, 0.25) is 10.0 Å². The molecule has 0 N–H and O–H groups in total. The summed E-state index contributed by atoms with van der Waals surface area (Å²) in [7, 11) is 0. The molecule has 0 aromatic heterocycles. The van der Waals surface area contributed by atoms with Crippen LogP contribution in [0.3, 0.4) is 0 Å². The van der Waals surface area contributed by atoms with Gasteiger partial charge < -0.3 is 0 Å². The summed E-state index contributed by atoms with van der Waals surface area (Å²) in [5.74, 6) is -1.44. The number of hydroxylamine groups is 1. The molecule has 150 valence electrons. The Morgan fingerprint density at radius 2 is 1.40 bits per heavy atom. The second-order valence-electron chi connectivity index (χ2n) is 7.17. The second-order valence-corrected chi connectivity index (χ2v) is 8.01. The first-order valence-electron chi connectivity index (χ1n) is 9.45. The van der Waals surface area contributed by atoms with Gasteiger partial charge in [-0.15, -0.1) is 0 Å². The van der Waals surface area contributed by atoms with E-state index in [2.05, 4.69) is 0 Å². The molecule has 2 fully saturated rings. The zero-order valence-electron chi connectivity index (χ0n) is 15.6. The van der Waals surface area contributed by atoms with Crippen molar-refractivity contribution in [3.05, 3.63) is 94.5 Å². The maximum atomic E-state index is 13.5. The van der Waals surface area contributed by atoms with Gasteiger partial charge in [0, 0.05) is 10.0 Å². The van der Waals surface area contributed by atoms with Crippen molar-refractivity contribution in [2.75, 3.05) is 9.96 Å². The van der Waals surface area contributed by atoms with Gasteiger partial charge in [0.2, 0.25) is 5.91 Å². The Hall–Kier alpha value is -2.86. The fraction of sp³-hybridized carbons (Fsp3) is 0.130. The van der Waals surface area contributed by atoms with Crippen molar-refractivity contribution < 1.29 is 14.4 Å². The number of nitrogens with zero attached hydrogens (tertiary/aromatic N) is 2. The number of benzene rings is 3. The van der Waals surface area contributed by atoms with E-state index < -0.39 is 18.1 Å². The summed E-state index contributed by atoms with van der Waals surface area (Å²) in [6.45, 7) is 0. The molecule has 7 heteroatoms. The van der Waals surface area contributed by atoms with Gasteiger partial charge in [-0.05, 0) is 42.0 Å². The van der Waals surface area contributed by atoms with E-state index in [-0.39, 0.29) is 11.8 Å². The molecule has 0 radical (unpaired) electrons. The van der Waals surface area contributed by atoms with Crippen molar-refractivity contribution in [1.82, 2.24) is 0 Å².